The molecule has 0 saturated carbocycles. The number of fused-ring (bicyclic) bond motifs is 11. The molecule has 7 aromatic rings. The van der Waals surface area contributed by atoms with Gasteiger partial charge in [-0.2, -0.15) is 0 Å². The van der Waals surface area contributed by atoms with Crippen LogP contribution in [0.2, 0.25) is 0 Å². The van der Waals surface area contributed by atoms with Gasteiger partial charge >= 0.3 is 0 Å². The van der Waals surface area contributed by atoms with Gasteiger partial charge < -0.3 is 9.13 Å². The molecule has 0 amide bonds. The van der Waals surface area contributed by atoms with Gasteiger partial charge in [-0.3, -0.25) is 0 Å². The van der Waals surface area contributed by atoms with Gasteiger partial charge in [0.15, 0.2) is 0 Å². The molecular weight excluding hydrogens is 411 g/mol. The molecule has 2 aromatic heterocycles. The Morgan fingerprint density at radius 2 is 1.21 bits per heavy atom. The molecule has 0 atom stereocenters. The molecule has 3 heteroatoms. The summed E-state index contributed by atoms with van der Waals surface area (Å²) in [6.45, 7) is 2.51. The molecule has 0 fully saturated rings. The monoisotopic (exact) mass is 430 g/mol. The third-order valence-corrected chi connectivity index (χ3v) is 8.21. The number of benzene rings is 5. The Morgan fingerprint density at radius 3 is 2.09 bits per heavy atom. The van der Waals surface area contributed by atoms with Crippen LogP contribution in [0.1, 0.15) is 5.56 Å². The largest absolute Gasteiger partial charge is 0.310 e. The van der Waals surface area contributed by atoms with Crippen LogP contribution in [0, 0.1) is 6.92 Å². The molecule has 2 nitrogen and oxygen atoms in total. The summed E-state index contributed by atoms with van der Waals surface area (Å²) in [5.41, 5.74) is 13.6. The van der Waals surface area contributed by atoms with Crippen LogP contribution in [0.5, 0.6) is 0 Å². The molecule has 0 N–H and O–H groups in total. The van der Waals surface area contributed by atoms with E-state index in [1.807, 2.05) is 0 Å². The lowest BCUT2D eigenvalue weighted by molar-refractivity contribution is 1.15. The highest BCUT2D eigenvalue weighted by molar-refractivity contribution is 7.00. The fourth-order valence-electron chi connectivity index (χ4n) is 7.03. The molecule has 34 heavy (non-hydrogen) atoms. The number of para-hydroxylation sites is 4. The lowest BCUT2D eigenvalue weighted by Crippen LogP contribution is -2.59. The predicted octanol–water partition coefficient (Wildman–Crippen LogP) is 5.33. The van der Waals surface area contributed by atoms with E-state index < -0.39 is 0 Å². The van der Waals surface area contributed by atoms with E-state index in [0.717, 1.165) is 0 Å². The van der Waals surface area contributed by atoms with Crippen molar-refractivity contribution in [3.05, 3.63) is 103 Å². The first-order valence-corrected chi connectivity index (χ1v) is 12.0. The van der Waals surface area contributed by atoms with Gasteiger partial charge in [0.2, 0.25) is 0 Å². The van der Waals surface area contributed by atoms with Crippen LogP contribution in [0.25, 0.3) is 55.0 Å². The van der Waals surface area contributed by atoms with Crippen LogP contribution >= 0.6 is 0 Å². The molecule has 0 saturated heterocycles. The van der Waals surface area contributed by atoms with E-state index in [9.17, 15) is 0 Å². The number of hydrogen-bond acceptors (Lipinski definition) is 0. The van der Waals surface area contributed by atoms with E-state index in [0.29, 0.717) is 0 Å². The number of hydrogen-bond donors (Lipinski definition) is 0. The van der Waals surface area contributed by atoms with Crippen LogP contribution in [0.15, 0.2) is 97.1 Å². The molecule has 0 aliphatic carbocycles. The zero-order chi connectivity index (χ0) is 22.1. The average molecular weight is 430 g/mol. The van der Waals surface area contributed by atoms with Crippen LogP contribution in [-0.4, -0.2) is 15.8 Å². The first-order valence-electron chi connectivity index (χ1n) is 12.0. The summed E-state index contributed by atoms with van der Waals surface area (Å²) >= 11 is 0. The van der Waals surface area contributed by atoms with E-state index in [1.165, 1.54) is 76.9 Å². The summed E-state index contributed by atoms with van der Waals surface area (Å²) in [6, 6.07) is 36.1. The maximum Gasteiger partial charge on any atom is 0.252 e. The fourth-order valence-corrected chi connectivity index (χ4v) is 7.03. The van der Waals surface area contributed by atoms with Crippen LogP contribution in [-0.2, 0) is 0 Å². The van der Waals surface area contributed by atoms with E-state index in [1.54, 1.807) is 0 Å². The first-order chi connectivity index (χ1) is 16.8. The topological polar surface area (TPSA) is 9.86 Å². The molecule has 9 rings (SSSR count). The quantitative estimate of drug-likeness (QED) is 0.288. The normalized spacial score (nSPS) is 13.4. The molecule has 0 spiro atoms. The van der Waals surface area contributed by atoms with Crippen molar-refractivity contribution in [3.8, 4) is 11.4 Å². The molecule has 0 bridgehead atoms. The van der Waals surface area contributed by atoms with Gasteiger partial charge in [-0.05, 0) is 53.1 Å². The Balaban J connectivity index is 1.64. The Kier molecular flexibility index (Phi) is 2.86. The molecule has 0 unspecified atom stereocenters. The second-order valence-electron chi connectivity index (χ2n) is 9.79. The second kappa shape index (κ2) is 5.63. The van der Waals surface area contributed by atoms with Gasteiger partial charge in [0.25, 0.3) is 6.71 Å². The number of nitrogens with zero attached hydrogens (tertiary/aromatic N) is 2. The first kappa shape index (κ1) is 17.3. The third-order valence-electron chi connectivity index (χ3n) is 8.21. The van der Waals surface area contributed by atoms with Gasteiger partial charge in [0.1, 0.15) is 0 Å². The molecule has 156 valence electrons. The Labute approximate surface area is 196 Å². The minimum absolute atomic E-state index is 0.228. The summed E-state index contributed by atoms with van der Waals surface area (Å²) in [6.07, 6.45) is 0. The summed E-state index contributed by atoms with van der Waals surface area (Å²) in [4.78, 5) is 0. The minimum Gasteiger partial charge on any atom is -0.310 e. The lowest BCUT2D eigenvalue weighted by Gasteiger charge is -2.33. The Morgan fingerprint density at radius 1 is 0.559 bits per heavy atom. The van der Waals surface area contributed by atoms with Crippen LogP contribution in [0.4, 0.5) is 0 Å². The molecule has 4 heterocycles. The summed E-state index contributed by atoms with van der Waals surface area (Å²) in [5.74, 6) is 0. The molecule has 5 aromatic carbocycles. The van der Waals surface area contributed by atoms with Crippen molar-refractivity contribution in [2.45, 2.75) is 6.92 Å². The second-order valence-corrected chi connectivity index (χ2v) is 9.79. The lowest BCUT2D eigenvalue weighted by atomic mass is 9.34. The Hall–Kier alpha value is -4.24. The van der Waals surface area contributed by atoms with Gasteiger partial charge in [-0.1, -0.05) is 72.8 Å². The molecular formula is C31H19BN2. The van der Waals surface area contributed by atoms with Gasteiger partial charge in [0.05, 0.1) is 16.6 Å². The highest BCUT2D eigenvalue weighted by Gasteiger charge is 2.40. The molecule has 2 aliphatic heterocycles. The minimum atomic E-state index is 0.228. The van der Waals surface area contributed by atoms with Gasteiger partial charge in [-0.15, -0.1) is 0 Å². The van der Waals surface area contributed by atoms with Crippen molar-refractivity contribution >= 4 is 66.7 Å². The summed E-state index contributed by atoms with van der Waals surface area (Å²) in [7, 11) is 0. The average Bonchev–Trinajstić information content (AvgIpc) is 3.41. The van der Waals surface area contributed by atoms with Crippen molar-refractivity contribution in [1.82, 2.24) is 9.13 Å². The van der Waals surface area contributed by atoms with E-state index in [2.05, 4.69) is 113 Å². The van der Waals surface area contributed by atoms with Crippen molar-refractivity contribution in [2.75, 3.05) is 0 Å². The maximum atomic E-state index is 2.54. The maximum absolute atomic E-state index is 2.54. The zero-order valence-corrected chi connectivity index (χ0v) is 18.7. The highest BCUT2D eigenvalue weighted by Crippen LogP contribution is 2.40. The molecule has 0 radical (unpaired) electrons. The number of aromatic nitrogens is 2. The Bertz CT molecular complexity index is 2040. The summed E-state index contributed by atoms with van der Waals surface area (Å²) in [5, 5.41) is 5.41. The van der Waals surface area contributed by atoms with Crippen molar-refractivity contribution in [2.24, 2.45) is 0 Å². The fraction of sp³-hybridized carbons (Fsp3) is 0.0323. The van der Waals surface area contributed by atoms with Crippen molar-refractivity contribution in [3.63, 3.8) is 0 Å². The van der Waals surface area contributed by atoms with Gasteiger partial charge in [0, 0.05) is 38.4 Å². The van der Waals surface area contributed by atoms with Crippen molar-refractivity contribution < 1.29 is 0 Å². The standard InChI is InChI=1S/C31H19BN2/c1-18-17-27-29-31-28(18)21-10-3-6-15-25(21)33(31)26-16-7-4-12-22(26)32(29)23-13-8-11-20-19-9-2-5-14-24(19)34(27)30(20)23/h2-17H,1H3. The van der Waals surface area contributed by atoms with E-state index in [-0.39, 0.29) is 6.71 Å². The van der Waals surface area contributed by atoms with Crippen molar-refractivity contribution in [1.29, 1.82) is 0 Å². The zero-order valence-electron chi connectivity index (χ0n) is 18.7. The smallest absolute Gasteiger partial charge is 0.252 e. The highest BCUT2D eigenvalue weighted by atomic mass is 15.0. The number of rotatable bonds is 0. The predicted molar refractivity (Wildman–Crippen MR) is 145 cm³/mol. The van der Waals surface area contributed by atoms with Gasteiger partial charge in [-0.25, -0.2) is 0 Å². The van der Waals surface area contributed by atoms with E-state index in [4.69, 9.17) is 0 Å². The third kappa shape index (κ3) is 1.74. The number of aryl methyl sites for hydroxylation is 1. The SMILES string of the molecule is Cc1cc2c3c4c1c1ccccc1n4-c1ccccc1B3c1cccc3c4ccccc4n-2c13. The summed E-state index contributed by atoms with van der Waals surface area (Å²) < 4.78 is 5.06. The van der Waals surface area contributed by atoms with Crippen LogP contribution < -0.4 is 16.4 Å². The van der Waals surface area contributed by atoms with Crippen LogP contribution in [0.3, 0.4) is 0 Å². The van der Waals surface area contributed by atoms with E-state index >= 15 is 0 Å². The molecule has 2 aliphatic rings.